The van der Waals surface area contributed by atoms with Gasteiger partial charge in [0.2, 0.25) is 15.9 Å². The smallest absolute Gasteiger partial charge is 0.248 e. The first-order chi connectivity index (χ1) is 15.9. The zero-order valence-corrected chi connectivity index (χ0v) is 20.8. The Morgan fingerprint density at radius 2 is 2.06 bits per heavy atom. The summed E-state index contributed by atoms with van der Waals surface area (Å²) in [6.45, 7) is 7.18. The fourth-order valence-corrected chi connectivity index (χ4v) is 7.07. The molecule has 0 aliphatic carbocycles. The number of nitrogens with one attached hydrogen (secondary N) is 1. The van der Waals surface area contributed by atoms with Crippen molar-refractivity contribution < 1.29 is 17.7 Å². The lowest BCUT2D eigenvalue weighted by atomic mass is 9.97. The molecule has 2 aromatic heterocycles. The molecule has 1 amide bonds. The van der Waals surface area contributed by atoms with Crippen LogP contribution in [0.5, 0.6) is 0 Å². The molecule has 0 bridgehead atoms. The third-order valence-electron chi connectivity index (χ3n) is 6.62. The third-order valence-corrected chi connectivity index (χ3v) is 9.51. The standard InChI is InChI=1S/C23H32N4O4S2/c1-3-26-12-4-6-19(26)16-24-23(28)18-10-13-27(14-11-18)33(29,30)22-17(2)25-31-21(22)9-8-20-7-5-15-32-20/h5,7-9,15,18-19H,3-4,6,10-14,16H2,1-2H3,(H,24,28)/b9-8+. The number of hydrogen-bond acceptors (Lipinski definition) is 7. The fraction of sp³-hybridized carbons (Fsp3) is 0.565. The highest BCUT2D eigenvalue weighted by molar-refractivity contribution is 7.89. The number of likely N-dealkylation sites (N-methyl/N-ethyl adjacent to an activating group) is 1. The second-order valence-corrected chi connectivity index (χ2v) is 11.5. The minimum atomic E-state index is -3.77. The first-order valence-electron chi connectivity index (χ1n) is 11.6. The summed E-state index contributed by atoms with van der Waals surface area (Å²) in [5, 5.41) is 8.96. The molecule has 1 atom stereocenters. The number of aromatic nitrogens is 1. The molecule has 4 heterocycles. The van der Waals surface area contributed by atoms with Crippen LogP contribution >= 0.6 is 11.3 Å². The highest BCUT2D eigenvalue weighted by atomic mass is 32.2. The van der Waals surface area contributed by atoms with Gasteiger partial charge < -0.3 is 9.84 Å². The van der Waals surface area contributed by atoms with Gasteiger partial charge in [0.25, 0.3) is 0 Å². The molecule has 2 aromatic rings. The Balaban J connectivity index is 1.36. The molecule has 1 N–H and O–H groups in total. The number of piperidine rings is 1. The van der Waals surface area contributed by atoms with E-state index in [1.165, 1.54) is 10.7 Å². The zero-order valence-electron chi connectivity index (χ0n) is 19.2. The predicted octanol–water partition coefficient (Wildman–Crippen LogP) is 3.22. The lowest BCUT2D eigenvalue weighted by Crippen LogP contribution is -2.46. The number of carbonyl (C=O) groups is 1. The second kappa shape index (κ2) is 10.5. The monoisotopic (exact) mass is 492 g/mol. The molecule has 2 aliphatic rings. The molecule has 0 aromatic carbocycles. The minimum absolute atomic E-state index is 0.0377. The van der Waals surface area contributed by atoms with Crippen molar-refractivity contribution in [3.05, 3.63) is 33.8 Å². The van der Waals surface area contributed by atoms with E-state index in [1.807, 2.05) is 23.6 Å². The quantitative estimate of drug-likeness (QED) is 0.608. The van der Waals surface area contributed by atoms with Gasteiger partial charge in [0, 0.05) is 36.5 Å². The number of thiophene rings is 1. The van der Waals surface area contributed by atoms with Crippen molar-refractivity contribution in [2.24, 2.45) is 5.92 Å². The lowest BCUT2D eigenvalue weighted by Gasteiger charge is -2.31. The van der Waals surface area contributed by atoms with Gasteiger partial charge in [0.1, 0.15) is 5.69 Å². The molecule has 10 heteroatoms. The summed E-state index contributed by atoms with van der Waals surface area (Å²) in [5.41, 5.74) is 0.345. The van der Waals surface area contributed by atoms with Crippen LogP contribution in [0.15, 0.2) is 26.9 Å². The molecule has 0 saturated carbocycles. The molecule has 1 unspecified atom stereocenters. The molecule has 2 fully saturated rings. The third kappa shape index (κ3) is 5.40. The highest BCUT2D eigenvalue weighted by Gasteiger charge is 2.36. The van der Waals surface area contributed by atoms with Gasteiger partial charge in [-0.2, -0.15) is 4.31 Å². The number of likely N-dealkylation sites (tertiary alicyclic amines) is 1. The summed E-state index contributed by atoms with van der Waals surface area (Å²) < 4.78 is 33.5. The van der Waals surface area contributed by atoms with Gasteiger partial charge in [-0.3, -0.25) is 9.69 Å². The van der Waals surface area contributed by atoms with E-state index in [4.69, 9.17) is 4.52 Å². The number of sulfonamides is 1. The Morgan fingerprint density at radius 3 is 2.76 bits per heavy atom. The average molecular weight is 493 g/mol. The van der Waals surface area contributed by atoms with Crippen molar-refractivity contribution in [3.8, 4) is 0 Å². The molecule has 0 radical (unpaired) electrons. The van der Waals surface area contributed by atoms with Crippen LogP contribution in [-0.4, -0.2) is 67.5 Å². The van der Waals surface area contributed by atoms with E-state index in [9.17, 15) is 13.2 Å². The summed E-state index contributed by atoms with van der Waals surface area (Å²) in [6, 6.07) is 4.29. The number of hydrogen-bond donors (Lipinski definition) is 1. The van der Waals surface area contributed by atoms with E-state index in [-0.39, 0.29) is 22.5 Å². The normalized spacial score (nSPS) is 21.2. The van der Waals surface area contributed by atoms with Crippen LogP contribution in [-0.2, 0) is 14.8 Å². The number of carbonyl (C=O) groups excluding carboxylic acids is 1. The van der Waals surface area contributed by atoms with Crippen LogP contribution in [0.25, 0.3) is 12.2 Å². The Bertz CT molecular complexity index is 1070. The van der Waals surface area contributed by atoms with Crippen molar-refractivity contribution in [1.29, 1.82) is 0 Å². The van der Waals surface area contributed by atoms with E-state index >= 15 is 0 Å². The van der Waals surface area contributed by atoms with Crippen molar-refractivity contribution in [3.63, 3.8) is 0 Å². The lowest BCUT2D eigenvalue weighted by molar-refractivity contribution is -0.126. The van der Waals surface area contributed by atoms with E-state index in [0.717, 1.165) is 24.4 Å². The van der Waals surface area contributed by atoms with Crippen LogP contribution in [0.2, 0.25) is 0 Å². The zero-order chi connectivity index (χ0) is 23.4. The van der Waals surface area contributed by atoms with Gasteiger partial charge in [-0.05, 0) is 69.3 Å². The first-order valence-corrected chi connectivity index (χ1v) is 13.9. The molecule has 0 spiro atoms. The van der Waals surface area contributed by atoms with Crippen LogP contribution in [0, 0.1) is 12.8 Å². The maximum Gasteiger partial charge on any atom is 0.248 e. The van der Waals surface area contributed by atoms with Gasteiger partial charge in [-0.1, -0.05) is 18.1 Å². The number of rotatable bonds is 8. The van der Waals surface area contributed by atoms with E-state index in [1.54, 1.807) is 24.3 Å². The molecule has 33 heavy (non-hydrogen) atoms. The van der Waals surface area contributed by atoms with Crippen molar-refractivity contribution in [2.45, 2.75) is 50.5 Å². The molecule has 2 saturated heterocycles. The molecular weight excluding hydrogens is 460 g/mol. The molecule has 8 nitrogen and oxygen atoms in total. The first kappa shape index (κ1) is 24.1. The number of aryl methyl sites for hydroxylation is 1. The number of amides is 1. The molecule has 4 rings (SSSR count). The summed E-state index contributed by atoms with van der Waals surface area (Å²) in [6.07, 6.45) is 6.80. The van der Waals surface area contributed by atoms with Gasteiger partial charge in [-0.25, -0.2) is 8.42 Å². The fourth-order valence-electron chi connectivity index (χ4n) is 4.74. The molecule has 2 aliphatic heterocycles. The topological polar surface area (TPSA) is 95.8 Å². The summed E-state index contributed by atoms with van der Waals surface area (Å²) in [7, 11) is -3.77. The second-order valence-electron chi connectivity index (χ2n) is 8.66. The van der Waals surface area contributed by atoms with Crippen LogP contribution in [0.4, 0.5) is 0 Å². The van der Waals surface area contributed by atoms with E-state index in [2.05, 4.69) is 22.3 Å². The maximum atomic E-state index is 13.4. The SMILES string of the molecule is CCN1CCCC1CNC(=O)C1CCN(S(=O)(=O)c2c(C)noc2/C=C/c2cccs2)CC1. The Morgan fingerprint density at radius 1 is 1.27 bits per heavy atom. The minimum Gasteiger partial charge on any atom is -0.355 e. The molecule has 180 valence electrons. The molecular formula is C23H32N4O4S2. The van der Waals surface area contributed by atoms with Crippen LogP contribution in [0.1, 0.15) is 48.9 Å². The highest BCUT2D eigenvalue weighted by Crippen LogP contribution is 2.29. The van der Waals surface area contributed by atoms with Gasteiger partial charge in [0.15, 0.2) is 10.7 Å². The number of nitrogens with zero attached hydrogens (tertiary/aromatic N) is 3. The van der Waals surface area contributed by atoms with Gasteiger partial charge in [-0.15, -0.1) is 11.3 Å². The Hall–Kier alpha value is -2.01. The van der Waals surface area contributed by atoms with Crippen molar-refractivity contribution >= 4 is 39.4 Å². The summed E-state index contributed by atoms with van der Waals surface area (Å²) in [4.78, 5) is 16.2. The Labute approximate surface area is 199 Å². The summed E-state index contributed by atoms with van der Waals surface area (Å²) in [5.74, 6) is 0.114. The summed E-state index contributed by atoms with van der Waals surface area (Å²) >= 11 is 1.56. The average Bonchev–Trinajstić information content (AvgIpc) is 3.57. The Kier molecular flexibility index (Phi) is 7.68. The van der Waals surface area contributed by atoms with E-state index in [0.29, 0.717) is 44.2 Å². The largest absolute Gasteiger partial charge is 0.355 e. The predicted molar refractivity (Wildman–Crippen MR) is 129 cm³/mol. The van der Waals surface area contributed by atoms with Crippen molar-refractivity contribution in [1.82, 2.24) is 19.7 Å². The van der Waals surface area contributed by atoms with Crippen molar-refractivity contribution in [2.75, 3.05) is 32.7 Å². The van der Waals surface area contributed by atoms with Crippen LogP contribution < -0.4 is 5.32 Å². The van der Waals surface area contributed by atoms with E-state index < -0.39 is 10.0 Å². The maximum absolute atomic E-state index is 13.4. The van der Waals surface area contributed by atoms with Gasteiger partial charge >= 0.3 is 0 Å². The van der Waals surface area contributed by atoms with Crippen LogP contribution in [0.3, 0.4) is 0 Å². The van der Waals surface area contributed by atoms with Gasteiger partial charge in [0.05, 0.1) is 0 Å².